The molecule has 4 aromatic carbocycles. The van der Waals surface area contributed by atoms with Crippen LogP contribution in [0.2, 0.25) is 39.7 Å². The number of likely N-dealkylation sites (tertiary alicyclic amines) is 1. The van der Waals surface area contributed by atoms with Gasteiger partial charge in [0.1, 0.15) is 5.41 Å². The molecule has 7 nitrogen and oxygen atoms in total. The fraction of sp³-hybridized carbons (Fsp3) is 0.381. The topological polar surface area (TPSA) is 84.0 Å². The monoisotopic (exact) mass is 1010 g/mol. The minimum atomic E-state index is -4.82. The largest absolute Gasteiger partial charge is 0.417 e. The first kappa shape index (κ1) is 53.7. The van der Waals surface area contributed by atoms with E-state index < -0.39 is 68.4 Å². The first-order valence-corrected chi connectivity index (χ1v) is 27.8. The summed E-state index contributed by atoms with van der Waals surface area (Å²) in [5, 5.41) is -1.49. The molecule has 1 aliphatic heterocycles. The molecule has 2 atom stereocenters. The number of nitrogens with zero attached hydrogens (tertiary/aromatic N) is 2. The Bertz CT molecular complexity index is 2310. The van der Waals surface area contributed by atoms with E-state index >= 15 is 0 Å². The van der Waals surface area contributed by atoms with Gasteiger partial charge in [-0.15, -0.1) is 0 Å². The Labute approximate surface area is 381 Å². The van der Waals surface area contributed by atoms with Crippen LogP contribution in [0, 0.1) is 0 Å². The highest BCUT2D eigenvalue weighted by Crippen LogP contribution is 2.51. The van der Waals surface area contributed by atoms with Crippen molar-refractivity contribution < 1.29 is 47.9 Å². The van der Waals surface area contributed by atoms with Gasteiger partial charge in [0, 0.05) is 71.3 Å². The smallest absolute Gasteiger partial charge is 0.369 e. The Morgan fingerprint density at radius 3 is 1.66 bits per heavy atom. The maximum Gasteiger partial charge on any atom is 0.417 e. The molecule has 0 aromatic heterocycles. The van der Waals surface area contributed by atoms with E-state index in [1.807, 2.05) is 0 Å². The highest BCUT2D eigenvalue weighted by molar-refractivity contribution is 7.93. The quantitative estimate of drug-likeness (QED) is 0.0794. The van der Waals surface area contributed by atoms with Crippen molar-refractivity contribution in [1.29, 1.82) is 0 Å². The van der Waals surface area contributed by atoms with Gasteiger partial charge in [-0.25, -0.2) is 16.8 Å². The minimum Gasteiger partial charge on any atom is -0.369 e. The molecule has 0 saturated carbocycles. The van der Waals surface area contributed by atoms with Gasteiger partial charge in [-0.1, -0.05) is 127 Å². The van der Waals surface area contributed by atoms with Gasteiger partial charge in [0.2, 0.25) is 0 Å². The summed E-state index contributed by atoms with van der Waals surface area (Å²) < 4.78 is 134. The lowest BCUT2D eigenvalue weighted by atomic mass is 9.78. The molecule has 20 heteroatoms. The standard InChI is InChI=1S/C19H18Cl2F3NO2S.C13H23NOSi.C10H7Cl2F3O2S/c1-28(26,27)17-11-25(10-13-5-3-2-4-6-13)12-18(17,19(22,23)24)14-7-15(20)9-16(21)8-14;1-15-11-14(12-16(2,3)4)10-13-8-6-5-7-9-13;1-18(16,17)5-9(10(13,14)15)6-2-7(11)4-8(12)3-6/h2-9,17H,10-12H2,1H3;5-9H,10-12H2,1-4H3;2-5H,1H3/b;;9-5+. The lowest BCUT2D eigenvalue weighted by Gasteiger charge is -2.36. The van der Waals surface area contributed by atoms with Crippen molar-refractivity contribution in [3.63, 3.8) is 0 Å². The average Bonchev–Trinajstić information content (AvgIpc) is 3.52. The highest BCUT2D eigenvalue weighted by atomic mass is 35.5. The van der Waals surface area contributed by atoms with E-state index in [-0.39, 0.29) is 44.2 Å². The fourth-order valence-electron chi connectivity index (χ4n) is 6.96. The molecule has 1 aliphatic rings. The molecule has 2 unspecified atom stereocenters. The first-order chi connectivity index (χ1) is 28.4. The molecule has 1 fully saturated rings. The van der Waals surface area contributed by atoms with E-state index in [0.29, 0.717) is 6.26 Å². The lowest BCUT2D eigenvalue weighted by molar-refractivity contribution is -0.186. The van der Waals surface area contributed by atoms with Crippen molar-refractivity contribution in [3.05, 3.63) is 145 Å². The molecule has 0 radical (unpaired) electrons. The molecule has 0 bridgehead atoms. The molecule has 1 saturated heterocycles. The number of hydrogen-bond donors (Lipinski definition) is 0. The maximum absolute atomic E-state index is 14.5. The Balaban J connectivity index is 0.000000262. The number of hydrogen-bond acceptors (Lipinski definition) is 7. The second-order valence-corrected chi connectivity index (χ2v) is 27.4. The van der Waals surface area contributed by atoms with Crippen LogP contribution in [0.4, 0.5) is 26.3 Å². The summed E-state index contributed by atoms with van der Waals surface area (Å²) in [5.74, 6) is 0. The number of ether oxygens (including phenoxy) is 1. The van der Waals surface area contributed by atoms with Crippen LogP contribution in [0.5, 0.6) is 0 Å². The molecule has 5 rings (SSSR count). The predicted molar refractivity (Wildman–Crippen MR) is 242 cm³/mol. The van der Waals surface area contributed by atoms with Gasteiger partial charge >= 0.3 is 12.4 Å². The van der Waals surface area contributed by atoms with Crippen molar-refractivity contribution >= 4 is 79.7 Å². The Kier molecular flexibility index (Phi) is 19.1. The Morgan fingerprint density at radius 1 is 0.790 bits per heavy atom. The van der Waals surface area contributed by atoms with E-state index in [4.69, 9.17) is 51.1 Å². The minimum absolute atomic E-state index is 0.0128. The summed E-state index contributed by atoms with van der Waals surface area (Å²) in [7, 11) is -7.29. The van der Waals surface area contributed by atoms with Crippen LogP contribution in [-0.2, 0) is 42.9 Å². The zero-order valence-electron chi connectivity index (χ0n) is 34.7. The van der Waals surface area contributed by atoms with E-state index in [1.54, 1.807) is 37.4 Å². The van der Waals surface area contributed by atoms with Crippen molar-refractivity contribution in [1.82, 2.24) is 9.80 Å². The molecule has 1 heterocycles. The molecule has 0 spiro atoms. The molecular weight excluding hydrogens is 960 g/mol. The van der Waals surface area contributed by atoms with Gasteiger partial charge in [-0.2, -0.15) is 26.3 Å². The summed E-state index contributed by atoms with van der Waals surface area (Å²) in [5.41, 5.74) is -2.40. The molecule has 0 aliphatic carbocycles. The average molecular weight is 1010 g/mol. The SMILES string of the molecule is COCN(Cc1ccccc1)C[Si](C)(C)C.CS(=O)(=O)/C=C(\c1cc(Cl)cc(Cl)c1)C(F)(F)F.CS(=O)(=O)C1CN(Cc2ccccc2)CC1(c1cc(Cl)cc(Cl)c1)C(F)(F)F. The van der Waals surface area contributed by atoms with Crippen LogP contribution in [0.3, 0.4) is 0 Å². The molecule has 0 amide bonds. The summed E-state index contributed by atoms with van der Waals surface area (Å²) in [4.78, 5) is 3.91. The summed E-state index contributed by atoms with van der Waals surface area (Å²) in [6.45, 7) is 8.34. The number of alkyl halides is 6. The lowest BCUT2D eigenvalue weighted by Crippen LogP contribution is -2.54. The number of halogens is 10. The summed E-state index contributed by atoms with van der Waals surface area (Å²) >= 11 is 23.1. The number of benzene rings is 4. The van der Waals surface area contributed by atoms with E-state index in [9.17, 15) is 43.2 Å². The molecule has 4 aromatic rings. The highest BCUT2D eigenvalue weighted by Gasteiger charge is 2.67. The number of sulfone groups is 2. The molecule has 342 valence electrons. The number of methoxy groups -OCH3 is 1. The van der Waals surface area contributed by atoms with Crippen LogP contribution >= 0.6 is 46.4 Å². The second kappa shape index (κ2) is 22.0. The van der Waals surface area contributed by atoms with Crippen LogP contribution in [0.15, 0.2) is 102 Å². The third-order valence-electron chi connectivity index (χ3n) is 9.17. The van der Waals surface area contributed by atoms with Gasteiger partial charge in [-0.3, -0.25) is 9.80 Å². The molecular formula is C42H48Cl4F6N2O5S2Si. The van der Waals surface area contributed by atoms with E-state index in [1.165, 1.54) is 28.8 Å². The third-order valence-corrected chi connectivity index (χ3v) is 13.7. The van der Waals surface area contributed by atoms with Crippen LogP contribution in [0.25, 0.3) is 5.57 Å². The van der Waals surface area contributed by atoms with E-state index in [0.717, 1.165) is 49.4 Å². The van der Waals surface area contributed by atoms with Gasteiger partial charge < -0.3 is 4.74 Å². The molecule has 0 N–H and O–H groups in total. The van der Waals surface area contributed by atoms with Crippen LogP contribution in [0.1, 0.15) is 22.3 Å². The number of rotatable bonds is 12. The van der Waals surface area contributed by atoms with Gasteiger partial charge in [0.05, 0.1) is 25.6 Å². The van der Waals surface area contributed by atoms with Crippen molar-refractivity contribution in [2.24, 2.45) is 0 Å². The fourth-order valence-corrected chi connectivity index (χ4v) is 11.8. The Morgan fingerprint density at radius 2 is 1.26 bits per heavy atom. The van der Waals surface area contributed by atoms with Crippen molar-refractivity contribution in [3.8, 4) is 0 Å². The van der Waals surface area contributed by atoms with E-state index in [2.05, 4.69) is 54.9 Å². The zero-order chi connectivity index (χ0) is 46.9. The number of allylic oxidation sites excluding steroid dienone is 1. The second-order valence-electron chi connectivity index (χ2n) is 16.1. The third kappa shape index (κ3) is 16.7. The Hall–Kier alpha value is -2.64. The predicted octanol–water partition coefficient (Wildman–Crippen LogP) is 11.6. The first-order valence-electron chi connectivity index (χ1n) is 18.6. The summed E-state index contributed by atoms with van der Waals surface area (Å²) in [6, 6.07) is 26.4. The maximum atomic E-state index is 14.5. The van der Waals surface area contributed by atoms with Crippen molar-refractivity contribution in [2.45, 2.75) is 55.7 Å². The summed E-state index contributed by atoms with van der Waals surface area (Å²) in [6.07, 6.45) is -6.95. The van der Waals surface area contributed by atoms with Gasteiger partial charge in [0.15, 0.2) is 19.7 Å². The zero-order valence-corrected chi connectivity index (χ0v) is 40.3. The van der Waals surface area contributed by atoms with Gasteiger partial charge in [0.25, 0.3) is 0 Å². The van der Waals surface area contributed by atoms with Crippen LogP contribution < -0.4 is 0 Å². The van der Waals surface area contributed by atoms with Crippen LogP contribution in [-0.4, -0.2) is 97.9 Å². The molecule has 62 heavy (non-hydrogen) atoms. The van der Waals surface area contributed by atoms with Crippen molar-refractivity contribution in [2.75, 3.05) is 45.6 Å². The van der Waals surface area contributed by atoms with Gasteiger partial charge in [-0.05, 0) is 64.8 Å². The normalized spacial score (nSPS) is 17.9.